The van der Waals surface area contributed by atoms with Gasteiger partial charge in [-0.15, -0.1) is 0 Å². The van der Waals surface area contributed by atoms with E-state index in [0.29, 0.717) is 73.2 Å². The highest BCUT2D eigenvalue weighted by Gasteiger charge is 2.63. The van der Waals surface area contributed by atoms with Gasteiger partial charge < -0.3 is 24.5 Å². The number of ether oxygens (including phenoxy) is 1. The Balaban J connectivity index is 0.824. The molecule has 4 amide bonds. The maximum atomic E-state index is 16.2. The van der Waals surface area contributed by atoms with E-state index in [1.165, 1.54) is 41.2 Å². The molecule has 2 atom stereocenters. The van der Waals surface area contributed by atoms with E-state index >= 15 is 8.78 Å². The van der Waals surface area contributed by atoms with Crippen molar-refractivity contribution in [2.24, 2.45) is 11.3 Å². The van der Waals surface area contributed by atoms with Crippen LogP contribution in [0.2, 0.25) is 0 Å². The zero-order valence-corrected chi connectivity index (χ0v) is 32.4. The first-order valence-electron chi connectivity index (χ1n) is 20.4. The van der Waals surface area contributed by atoms with Crippen LogP contribution >= 0.6 is 0 Å². The summed E-state index contributed by atoms with van der Waals surface area (Å²) in [5, 5.41) is 12.9. The van der Waals surface area contributed by atoms with Crippen LogP contribution in [-0.4, -0.2) is 97.5 Å². The lowest BCUT2D eigenvalue weighted by molar-refractivity contribution is -0.140. The molecule has 5 heterocycles. The predicted octanol–water partition coefficient (Wildman–Crippen LogP) is 5.27. The predicted molar refractivity (Wildman–Crippen MR) is 208 cm³/mol. The molecule has 58 heavy (non-hydrogen) atoms. The first-order valence-corrected chi connectivity index (χ1v) is 20.4. The Hall–Kier alpha value is -5.31. The molecule has 1 aliphatic carbocycles. The van der Waals surface area contributed by atoms with Crippen LogP contribution in [0.1, 0.15) is 78.9 Å². The summed E-state index contributed by atoms with van der Waals surface area (Å²) in [6.45, 7) is 5.05. The minimum atomic E-state index is -0.830. The van der Waals surface area contributed by atoms with Crippen molar-refractivity contribution in [3.8, 4) is 11.5 Å². The van der Waals surface area contributed by atoms with Crippen LogP contribution in [0.5, 0.6) is 11.5 Å². The molecule has 3 aromatic carbocycles. The van der Waals surface area contributed by atoms with Crippen LogP contribution in [0.3, 0.4) is 0 Å². The van der Waals surface area contributed by atoms with Gasteiger partial charge in [0.2, 0.25) is 17.7 Å². The number of nitrogens with one attached hydrogen (secondary N) is 1. The van der Waals surface area contributed by atoms with Gasteiger partial charge in [-0.05, 0) is 73.9 Å². The number of benzene rings is 3. The zero-order valence-electron chi connectivity index (χ0n) is 32.4. The average Bonchev–Trinajstić information content (AvgIpc) is 3.85. The second-order valence-corrected chi connectivity index (χ2v) is 16.7. The highest BCUT2D eigenvalue weighted by Crippen LogP contribution is 2.62. The summed E-state index contributed by atoms with van der Waals surface area (Å²) in [5.74, 6) is -2.95. The Morgan fingerprint density at radius 1 is 0.828 bits per heavy atom. The summed E-state index contributed by atoms with van der Waals surface area (Å²) in [5.41, 5.74) is 1.60. The molecule has 12 nitrogen and oxygen atoms in total. The van der Waals surface area contributed by atoms with Crippen molar-refractivity contribution in [3.05, 3.63) is 76.6 Å². The van der Waals surface area contributed by atoms with Crippen molar-refractivity contribution in [1.82, 2.24) is 15.1 Å². The summed E-state index contributed by atoms with van der Waals surface area (Å²) in [4.78, 5) is 60.2. The van der Waals surface area contributed by atoms with Gasteiger partial charge in [-0.25, -0.2) is 13.2 Å². The normalized spacial score (nSPS) is 23.8. The number of hydrogen-bond acceptors (Lipinski definition) is 9. The van der Waals surface area contributed by atoms with Crippen molar-refractivity contribution in [1.29, 1.82) is 0 Å². The fraction of sp³-hybridized carbons (Fsp3) is 0.488. The average molecular weight is 801 g/mol. The molecular formula is C43H47F3N6O6. The lowest BCUT2D eigenvalue weighted by atomic mass is 9.66. The van der Waals surface area contributed by atoms with Gasteiger partial charge >= 0.3 is 0 Å². The number of aromatic hydroxyl groups is 1. The highest BCUT2D eigenvalue weighted by molar-refractivity contribution is 6.08. The fourth-order valence-electron chi connectivity index (χ4n) is 10.4. The van der Waals surface area contributed by atoms with Gasteiger partial charge in [0.1, 0.15) is 23.4 Å². The van der Waals surface area contributed by atoms with Crippen LogP contribution in [0.25, 0.3) is 0 Å². The Labute approximate surface area is 334 Å². The molecule has 306 valence electrons. The third-order valence-corrected chi connectivity index (χ3v) is 13.5. The second-order valence-electron chi connectivity index (χ2n) is 16.7. The van der Waals surface area contributed by atoms with Gasteiger partial charge in [-0.2, -0.15) is 0 Å². The molecule has 5 aliphatic heterocycles. The SMILES string of the molecule is COc1cc(N2CCC(CN3CCN(c4cc5c(cc4F)C(=O)N([C@H]4CCC(=O)NC4=O)C5)CC3)CC2)c(F)cc1[C@@H]1N(c2cccc(F)c2O)C(=O)C12CCCC2. The van der Waals surface area contributed by atoms with Crippen LogP contribution in [-0.2, 0) is 20.9 Å². The van der Waals surface area contributed by atoms with Crippen LogP contribution in [0.15, 0.2) is 42.5 Å². The van der Waals surface area contributed by atoms with Crippen LogP contribution in [0.4, 0.5) is 30.2 Å². The molecule has 1 spiro atoms. The lowest BCUT2D eigenvalue weighted by Gasteiger charge is -2.55. The third-order valence-electron chi connectivity index (χ3n) is 13.5. The number of phenolic OH excluding ortho intramolecular Hbond substituents is 1. The molecular weight excluding hydrogens is 754 g/mol. The number of rotatable bonds is 8. The Bertz CT molecular complexity index is 2180. The summed E-state index contributed by atoms with van der Waals surface area (Å²) in [7, 11) is 1.52. The lowest BCUT2D eigenvalue weighted by Crippen LogP contribution is -2.62. The molecule has 0 unspecified atom stereocenters. The summed E-state index contributed by atoms with van der Waals surface area (Å²) >= 11 is 0. The molecule has 0 radical (unpaired) electrons. The maximum absolute atomic E-state index is 16.2. The number of imide groups is 1. The molecule has 4 saturated heterocycles. The largest absolute Gasteiger partial charge is 0.503 e. The first-order chi connectivity index (χ1) is 28.0. The molecule has 6 aliphatic rings. The minimum Gasteiger partial charge on any atom is -0.503 e. The van der Waals surface area contributed by atoms with E-state index in [0.717, 1.165) is 51.4 Å². The number of piperidine rings is 2. The smallest absolute Gasteiger partial charge is 0.255 e. The van der Waals surface area contributed by atoms with Crippen molar-refractivity contribution in [2.45, 2.75) is 70.0 Å². The fourth-order valence-corrected chi connectivity index (χ4v) is 10.4. The van der Waals surface area contributed by atoms with E-state index in [-0.39, 0.29) is 42.5 Å². The first kappa shape index (κ1) is 38.2. The van der Waals surface area contributed by atoms with Crippen molar-refractivity contribution in [3.63, 3.8) is 0 Å². The van der Waals surface area contributed by atoms with E-state index in [4.69, 9.17) is 4.74 Å². The molecule has 0 aromatic heterocycles. The molecule has 9 rings (SSSR count). The minimum absolute atomic E-state index is 0.0655. The number of carbonyl (C=O) groups is 4. The molecule has 2 N–H and O–H groups in total. The third kappa shape index (κ3) is 6.32. The number of carbonyl (C=O) groups excluding carboxylic acids is 4. The van der Waals surface area contributed by atoms with Crippen molar-refractivity contribution in [2.75, 3.05) is 67.6 Å². The van der Waals surface area contributed by atoms with Gasteiger partial charge in [-0.3, -0.25) is 34.3 Å². The molecule has 15 heteroatoms. The zero-order chi connectivity index (χ0) is 40.5. The quantitative estimate of drug-likeness (QED) is 0.232. The summed E-state index contributed by atoms with van der Waals surface area (Å²) in [6.07, 6.45) is 5.06. The van der Waals surface area contributed by atoms with Gasteiger partial charge in [-0.1, -0.05) is 18.9 Å². The van der Waals surface area contributed by atoms with Crippen molar-refractivity contribution < 1.29 is 42.2 Å². The standard InChI is InChI=1S/C43H47F3N6O6/c1-58-36-22-35(31(46)21-28(36)39-43(11-2-3-12-43)42(57)52(39)32-6-4-5-29(44)38(32)54)49-13-9-25(10-14-49)23-48-15-17-50(18-16-48)34-19-26-24-51(41(56)27(26)20-30(34)45)33-7-8-37(53)47-40(33)55/h4-6,19-22,25,33,39,54H,2-3,7-18,23-24H2,1H3,(H,47,53,55)/t33-,39-/m0/s1. The topological polar surface area (TPSA) is 126 Å². The van der Waals surface area contributed by atoms with E-state index in [1.807, 2.05) is 9.80 Å². The number of para-hydroxylation sites is 1. The summed E-state index contributed by atoms with van der Waals surface area (Å²) < 4.78 is 52.0. The molecule has 0 bridgehead atoms. The number of phenols is 1. The Morgan fingerprint density at radius 3 is 2.22 bits per heavy atom. The number of anilines is 3. The van der Waals surface area contributed by atoms with E-state index < -0.39 is 52.5 Å². The Morgan fingerprint density at radius 2 is 1.52 bits per heavy atom. The second kappa shape index (κ2) is 14.8. The van der Waals surface area contributed by atoms with E-state index in [9.17, 15) is 28.7 Å². The van der Waals surface area contributed by atoms with E-state index in [1.54, 1.807) is 12.1 Å². The number of piperazine rings is 1. The van der Waals surface area contributed by atoms with Crippen LogP contribution in [0, 0.1) is 28.8 Å². The maximum Gasteiger partial charge on any atom is 0.255 e. The van der Waals surface area contributed by atoms with Gasteiger partial charge in [0, 0.05) is 76.0 Å². The number of nitrogens with zero attached hydrogens (tertiary/aromatic N) is 5. The summed E-state index contributed by atoms with van der Waals surface area (Å²) in [6, 6.07) is 8.88. The number of fused-ring (bicyclic) bond motifs is 1. The highest BCUT2D eigenvalue weighted by atomic mass is 19.1. The van der Waals surface area contributed by atoms with Gasteiger partial charge in [0.25, 0.3) is 5.91 Å². The molecule has 3 aromatic rings. The number of amides is 4. The van der Waals surface area contributed by atoms with Gasteiger partial charge in [0.15, 0.2) is 11.6 Å². The molecule has 1 saturated carbocycles. The van der Waals surface area contributed by atoms with Gasteiger partial charge in [0.05, 0.1) is 35.6 Å². The number of halogens is 3. The number of methoxy groups -OCH3 is 1. The van der Waals surface area contributed by atoms with Crippen LogP contribution < -0.4 is 24.8 Å². The number of β-lactam (4-membered cyclic amide) rings is 1. The van der Waals surface area contributed by atoms with E-state index in [2.05, 4.69) is 10.2 Å². The number of hydrogen-bond donors (Lipinski definition) is 2. The molecule has 5 fully saturated rings. The monoisotopic (exact) mass is 800 g/mol. The van der Waals surface area contributed by atoms with Crippen molar-refractivity contribution >= 4 is 40.7 Å². The Kier molecular flexibility index (Phi) is 9.76.